The van der Waals surface area contributed by atoms with E-state index in [1.807, 2.05) is 0 Å². The topological polar surface area (TPSA) is 206 Å². The van der Waals surface area contributed by atoms with E-state index in [9.17, 15) is 40.2 Å². The van der Waals surface area contributed by atoms with E-state index in [0.29, 0.717) is 5.56 Å². The molecule has 4 rings (SSSR count). The quantitative estimate of drug-likeness (QED) is 0.264. The van der Waals surface area contributed by atoms with Gasteiger partial charge in [0.25, 0.3) is 0 Å². The van der Waals surface area contributed by atoms with Crippen molar-refractivity contribution in [2.45, 2.75) is 30.7 Å². The summed E-state index contributed by atoms with van der Waals surface area (Å²) in [5, 5.41) is 59.5. The molecule has 0 spiro atoms. The first kappa shape index (κ1) is 25.1. The Hall–Kier alpha value is -4.04. The van der Waals surface area contributed by atoms with Gasteiger partial charge in [-0.3, -0.25) is 4.79 Å². The van der Waals surface area contributed by atoms with E-state index < -0.39 is 47.9 Å². The summed E-state index contributed by atoms with van der Waals surface area (Å²) in [6.07, 6.45) is -9.30. The highest BCUT2D eigenvalue weighted by molar-refractivity contribution is 5.86. The van der Waals surface area contributed by atoms with Crippen LogP contribution in [0.1, 0.15) is 0 Å². The molecule has 5 atom stereocenters. The number of aliphatic carboxylic acids is 1. The van der Waals surface area contributed by atoms with Crippen molar-refractivity contribution >= 4 is 16.9 Å². The molecule has 13 nitrogen and oxygen atoms in total. The minimum atomic E-state index is -1.91. The van der Waals surface area contributed by atoms with E-state index >= 15 is 0 Å². The lowest BCUT2D eigenvalue weighted by atomic mass is 9.99. The van der Waals surface area contributed by atoms with Gasteiger partial charge in [0, 0.05) is 23.8 Å². The number of phenols is 2. The van der Waals surface area contributed by atoms with Crippen molar-refractivity contribution in [3.8, 4) is 40.1 Å². The standard InChI is InChI=1S/C23H22O13/c1-32-14-3-8(4-15(33-2)17(14)26)12-7-11(25)16-10(24)5-9(6-13(16)35-12)34-23-20(29)18(27)19(28)21(36-23)22(30)31/h3-7,18-21,23-24,26-29H,1-2H3,(H,30,31)/t18-,19-,20?,21?,23+/m0/s1. The Labute approximate surface area is 201 Å². The Balaban J connectivity index is 1.76. The summed E-state index contributed by atoms with van der Waals surface area (Å²) in [6, 6.07) is 6.09. The van der Waals surface area contributed by atoms with E-state index in [1.54, 1.807) is 0 Å². The van der Waals surface area contributed by atoms with Gasteiger partial charge in [0.05, 0.1) is 14.2 Å². The van der Waals surface area contributed by atoms with E-state index in [0.717, 1.165) is 12.1 Å². The highest BCUT2D eigenvalue weighted by Crippen LogP contribution is 2.41. The van der Waals surface area contributed by atoms with Gasteiger partial charge in [-0.25, -0.2) is 4.79 Å². The zero-order valence-corrected chi connectivity index (χ0v) is 18.8. The van der Waals surface area contributed by atoms with E-state index in [4.69, 9.17) is 23.4 Å². The molecular formula is C23H22O13. The number of carbonyl (C=O) groups is 1. The lowest BCUT2D eigenvalue weighted by Crippen LogP contribution is -2.61. The van der Waals surface area contributed by atoms with Gasteiger partial charge < -0.3 is 54.0 Å². The van der Waals surface area contributed by atoms with Crippen LogP contribution in [0, 0.1) is 0 Å². The fourth-order valence-electron chi connectivity index (χ4n) is 3.77. The van der Waals surface area contributed by atoms with Gasteiger partial charge in [0.2, 0.25) is 12.0 Å². The maximum atomic E-state index is 12.8. The molecule has 13 heteroatoms. The minimum Gasteiger partial charge on any atom is -0.507 e. The van der Waals surface area contributed by atoms with E-state index in [-0.39, 0.29) is 39.7 Å². The zero-order valence-electron chi connectivity index (χ0n) is 18.8. The van der Waals surface area contributed by atoms with Gasteiger partial charge >= 0.3 is 5.97 Å². The highest BCUT2D eigenvalue weighted by Gasteiger charge is 2.48. The van der Waals surface area contributed by atoms with Gasteiger partial charge in [0.15, 0.2) is 23.0 Å². The van der Waals surface area contributed by atoms with Crippen LogP contribution >= 0.6 is 0 Å². The molecule has 2 aromatic carbocycles. The average Bonchev–Trinajstić information content (AvgIpc) is 2.83. The number of phenolic OH excluding ortho intramolecular Hbond substituents is 2. The number of ether oxygens (including phenoxy) is 4. The van der Waals surface area contributed by atoms with Gasteiger partial charge in [0.1, 0.15) is 46.5 Å². The van der Waals surface area contributed by atoms with Crippen molar-refractivity contribution in [3.05, 3.63) is 40.6 Å². The maximum Gasteiger partial charge on any atom is 0.335 e. The maximum absolute atomic E-state index is 12.8. The fourth-order valence-corrected chi connectivity index (χ4v) is 3.77. The number of carboxylic acids is 1. The summed E-state index contributed by atoms with van der Waals surface area (Å²) in [4.78, 5) is 24.1. The van der Waals surface area contributed by atoms with Gasteiger partial charge in [-0.05, 0) is 12.1 Å². The summed E-state index contributed by atoms with van der Waals surface area (Å²) >= 11 is 0. The van der Waals surface area contributed by atoms with Crippen LogP contribution in [0.25, 0.3) is 22.3 Å². The molecule has 1 aliphatic heterocycles. The molecule has 36 heavy (non-hydrogen) atoms. The number of benzene rings is 2. The average molecular weight is 506 g/mol. The second kappa shape index (κ2) is 9.54. The molecule has 0 amide bonds. The Kier molecular flexibility index (Phi) is 6.65. The fraction of sp³-hybridized carbons (Fsp3) is 0.304. The minimum absolute atomic E-state index is 0.0130. The monoisotopic (exact) mass is 506 g/mol. The predicted molar refractivity (Wildman–Crippen MR) is 119 cm³/mol. The third-order valence-corrected chi connectivity index (χ3v) is 5.61. The Bertz CT molecular complexity index is 1340. The van der Waals surface area contributed by atoms with Crippen LogP contribution in [0.15, 0.2) is 39.5 Å². The highest BCUT2D eigenvalue weighted by atomic mass is 16.7. The van der Waals surface area contributed by atoms with Crippen molar-refractivity contribution in [2.75, 3.05) is 14.2 Å². The molecule has 3 aromatic rings. The largest absolute Gasteiger partial charge is 0.507 e. The normalized spacial score (nSPS) is 23.9. The molecule has 0 bridgehead atoms. The summed E-state index contributed by atoms with van der Waals surface area (Å²) in [7, 11) is 2.65. The smallest absolute Gasteiger partial charge is 0.335 e. The van der Waals surface area contributed by atoms with Crippen LogP contribution in [0.3, 0.4) is 0 Å². The van der Waals surface area contributed by atoms with Crippen LogP contribution in [0.4, 0.5) is 0 Å². The van der Waals surface area contributed by atoms with Crippen LogP contribution in [0.5, 0.6) is 28.7 Å². The van der Waals surface area contributed by atoms with E-state index in [1.165, 1.54) is 32.4 Å². The molecule has 1 aromatic heterocycles. The molecule has 0 aliphatic carbocycles. The number of rotatable bonds is 6. The van der Waals surface area contributed by atoms with Crippen molar-refractivity contribution in [1.82, 2.24) is 0 Å². The van der Waals surface area contributed by atoms with Crippen molar-refractivity contribution in [1.29, 1.82) is 0 Å². The third-order valence-electron chi connectivity index (χ3n) is 5.61. The van der Waals surface area contributed by atoms with Gasteiger partial charge in [-0.1, -0.05) is 0 Å². The first-order valence-corrected chi connectivity index (χ1v) is 10.4. The number of carboxylic acid groups (broad SMARTS) is 1. The molecule has 2 heterocycles. The number of methoxy groups -OCH3 is 2. The van der Waals surface area contributed by atoms with Crippen LogP contribution in [-0.2, 0) is 9.53 Å². The summed E-state index contributed by atoms with van der Waals surface area (Å²) in [5.74, 6) is -2.52. The molecule has 1 fully saturated rings. The second-order valence-corrected chi connectivity index (χ2v) is 7.87. The van der Waals surface area contributed by atoms with Crippen LogP contribution < -0.4 is 19.6 Å². The van der Waals surface area contributed by atoms with Crippen molar-refractivity contribution < 1.29 is 58.8 Å². The number of hydrogen-bond donors (Lipinski definition) is 6. The number of aliphatic hydroxyl groups is 3. The number of fused-ring (bicyclic) bond motifs is 1. The Morgan fingerprint density at radius 1 is 0.917 bits per heavy atom. The summed E-state index contributed by atoms with van der Waals surface area (Å²) in [6.45, 7) is 0. The third kappa shape index (κ3) is 4.35. The Morgan fingerprint density at radius 3 is 2.14 bits per heavy atom. The predicted octanol–water partition coefficient (Wildman–Crippen LogP) is 0.159. The SMILES string of the molecule is COc1cc(-c2cc(=O)c3c(O)cc(O[C@@H]4OC(C(=O)O)[C@@H](O)[C@H](O)C4O)cc3o2)cc(OC)c1O. The first-order chi connectivity index (χ1) is 17.0. The van der Waals surface area contributed by atoms with Crippen LogP contribution in [-0.4, -0.2) is 81.5 Å². The lowest BCUT2D eigenvalue weighted by molar-refractivity contribution is -0.271. The number of aromatic hydroxyl groups is 2. The first-order valence-electron chi connectivity index (χ1n) is 10.4. The molecule has 0 saturated carbocycles. The molecule has 0 radical (unpaired) electrons. The van der Waals surface area contributed by atoms with Gasteiger partial charge in [-0.2, -0.15) is 0 Å². The number of hydrogen-bond acceptors (Lipinski definition) is 12. The molecule has 2 unspecified atom stereocenters. The molecule has 1 aliphatic rings. The second-order valence-electron chi connectivity index (χ2n) is 7.87. The van der Waals surface area contributed by atoms with Gasteiger partial charge in [-0.15, -0.1) is 0 Å². The molecule has 192 valence electrons. The molecule has 6 N–H and O–H groups in total. The molecule has 1 saturated heterocycles. The van der Waals surface area contributed by atoms with Crippen LogP contribution in [0.2, 0.25) is 0 Å². The molecular weight excluding hydrogens is 484 g/mol. The zero-order chi connectivity index (χ0) is 26.3. The van der Waals surface area contributed by atoms with Crippen molar-refractivity contribution in [2.24, 2.45) is 0 Å². The van der Waals surface area contributed by atoms with Crippen molar-refractivity contribution in [3.63, 3.8) is 0 Å². The summed E-state index contributed by atoms with van der Waals surface area (Å²) in [5.41, 5.74) is -0.488. The Morgan fingerprint density at radius 2 is 1.56 bits per heavy atom. The lowest BCUT2D eigenvalue weighted by Gasteiger charge is -2.38. The summed E-state index contributed by atoms with van der Waals surface area (Å²) < 4.78 is 26.5. The van der Waals surface area contributed by atoms with E-state index in [2.05, 4.69) is 0 Å². The number of aliphatic hydroxyl groups excluding tert-OH is 3.